The average Bonchev–Trinajstić information content (AvgIpc) is 3.91. The van der Waals surface area contributed by atoms with Crippen molar-refractivity contribution in [3.05, 3.63) is 78.0 Å². The van der Waals surface area contributed by atoms with E-state index >= 15 is 4.39 Å². The third kappa shape index (κ3) is 8.56. The van der Waals surface area contributed by atoms with Crippen molar-refractivity contribution in [2.24, 2.45) is 5.92 Å². The molecule has 19 heteroatoms. The molecule has 4 bridgehead atoms. The molecule has 3 aliphatic heterocycles. The number of hydrogen-bond donors (Lipinski definition) is 6. The summed E-state index contributed by atoms with van der Waals surface area (Å²) >= 11 is 0. The Bertz CT molecular complexity index is 2560. The highest BCUT2D eigenvalue weighted by molar-refractivity contribution is 5.94. The van der Waals surface area contributed by atoms with Crippen molar-refractivity contribution in [1.29, 1.82) is 0 Å². The van der Waals surface area contributed by atoms with E-state index in [4.69, 9.17) is 19.7 Å². The molecule has 17 nitrogen and oxygen atoms in total. The lowest BCUT2D eigenvalue weighted by atomic mass is 9.99. The topological polar surface area (TPSA) is 212 Å². The van der Waals surface area contributed by atoms with Crippen LogP contribution in [0.5, 0.6) is 5.75 Å². The van der Waals surface area contributed by atoms with Crippen LogP contribution in [0.3, 0.4) is 0 Å². The summed E-state index contributed by atoms with van der Waals surface area (Å²) in [5, 5.41) is 50.7. The fraction of sp³-hybridized carbons (Fsp3) is 0.429. The number of anilines is 2. The highest BCUT2D eigenvalue weighted by atomic mass is 19.1. The number of aliphatic hydroxyl groups excluding tert-OH is 1. The minimum Gasteiger partial charge on any atom is -0.414 e. The number of nitrogens with one attached hydrogen (secondary N) is 2. The predicted molar refractivity (Wildman–Crippen MR) is 222 cm³/mol. The number of imidazole rings is 1. The molecular weight excluding hydrogens is 793 g/mol. The molecule has 6 N–H and O–H groups in total. The number of rotatable bonds is 9. The SMILES string of the molecule is CC.Cc1nc2cc(F)cc3c2n1CCCN(CCCO)C(=O)C1CC(CN1c1nc(CC2CNC2)nc2c1cnn2-c1ccc(F)cc1OC(O)(O)O)Nc1cccc-3n1. The maximum Gasteiger partial charge on any atom is 0.453 e. The number of hydrogen-bond acceptors (Lipinski definition) is 14. The number of benzene rings is 2. The highest BCUT2D eigenvalue weighted by Gasteiger charge is 2.41. The van der Waals surface area contributed by atoms with Crippen molar-refractivity contribution in [3.8, 4) is 22.7 Å². The van der Waals surface area contributed by atoms with Gasteiger partial charge in [-0.15, -0.1) is 0 Å². The molecule has 0 radical (unpaired) electrons. The van der Waals surface area contributed by atoms with Crippen LogP contribution in [-0.4, -0.2) is 123 Å². The molecule has 2 aromatic carbocycles. The monoisotopic (exact) mass is 841 g/mol. The number of aliphatic hydroxyl groups is 4. The number of carbonyl (C=O) groups excluding carboxylic acids is 1. The van der Waals surface area contributed by atoms with Crippen LogP contribution in [0.15, 0.2) is 54.7 Å². The fourth-order valence-electron chi connectivity index (χ4n) is 8.39. The Labute approximate surface area is 349 Å². The van der Waals surface area contributed by atoms with Crippen LogP contribution in [0, 0.1) is 24.5 Å². The zero-order chi connectivity index (χ0) is 43.0. The zero-order valence-electron chi connectivity index (χ0n) is 34.1. The Morgan fingerprint density at radius 3 is 2.56 bits per heavy atom. The molecular formula is C42H49F2N11O6. The Hall–Kier alpha value is -5.86. The first-order chi connectivity index (χ1) is 29.4. The summed E-state index contributed by atoms with van der Waals surface area (Å²) in [5.41, 5.74) is 2.76. The molecule has 4 aromatic heterocycles. The smallest absolute Gasteiger partial charge is 0.414 e. The number of carbonyl (C=O) groups is 1. The largest absolute Gasteiger partial charge is 0.453 e. The lowest BCUT2D eigenvalue weighted by Crippen LogP contribution is -2.47. The van der Waals surface area contributed by atoms with Gasteiger partial charge in [-0.05, 0) is 75.5 Å². The van der Waals surface area contributed by atoms with Crippen LogP contribution in [-0.2, 0) is 17.8 Å². The van der Waals surface area contributed by atoms with Gasteiger partial charge in [0.1, 0.15) is 46.6 Å². The average molecular weight is 842 g/mol. The first-order valence-electron chi connectivity index (χ1n) is 20.6. The number of aromatic nitrogens is 7. The molecule has 2 fully saturated rings. The minimum atomic E-state index is -3.61. The maximum absolute atomic E-state index is 15.1. The van der Waals surface area contributed by atoms with Gasteiger partial charge in [-0.3, -0.25) is 4.79 Å². The quantitative estimate of drug-likeness (QED) is 0.116. The van der Waals surface area contributed by atoms with Crippen LogP contribution in [0.25, 0.3) is 39.0 Å². The second-order valence-electron chi connectivity index (χ2n) is 15.3. The Morgan fingerprint density at radius 2 is 1.80 bits per heavy atom. The lowest BCUT2D eigenvalue weighted by Gasteiger charge is -2.31. The van der Waals surface area contributed by atoms with Crippen molar-refractivity contribution >= 4 is 39.6 Å². The Balaban J connectivity index is 0.00000253. The summed E-state index contributed by atoms with van der Waals surface area (Å²) in [4.78, 5) is 38.2. The maximum atomic E-state index is 15.1. The molecule has 9 rings (SSSR count). The lowest BCUT2D eigenvalue weighted by molar-refractivity contribution is -0.419. The standard InChI is InChI=1S/C40H43F2N11O6.C2H6/c1-22-45-30-15-25(42)14-27-29-5-2-6-34(47-29)46-26-17-32(39(55)50(10-4-12-54)9-3-11-51(22)36(27)30)52(21-26)37-28-20-44-53(38(28)49-35(48-37)13-23-18-43-19-23)31-8-7-24(41)16-33(31)59-40(56,57)58;1-2/h2,5-8,14-16,20,23,26,32,43,54,56-58H,3-4,9-13,17-19,21H2,1H3,(H,46,47);1-2H3. The summed E-state index contributed by atoms with van der Waals surface area (Å²) in [6.45, 7) is 8.78. The van der Waals surface area contributed by atoms with Gasteiger partial charge in [0.25, 0.3) is 0 Å². The van der Waals surface area contributed by atoms with Gasteiger partial charge in [-0.1, -0.05) is 19.9 Å². The zero-order valence-corrected chi connectivity index (χ0v) is 34.1. The summed E-state index contributed by atoms with van der Waals surface area (Å²) in [7, 11) is 0. The molecule has 0 saturated carbocycles. The number of nitrogens with zero attached hydrogens (tertiary/aromatic N) is 9. The number of aryl methyl sites for hydroxylation is 2. The van der Waals surface area contributed by atoms with Crippen LogP contribution in [0.2, 0.25) is 0 Å². The summed E-state index contributed by atoms with van der Waals surface area (Å²) in [6, 6.07) is 10.7. The van der Waals surface area contributed by atoms with Crippen molar-refractivity contribution in [2.45, 2.75) is 71.2 Å². The number of halogens is 2. The van der Waals surface area contributed by atoms with E-state index in [1.165, 1.54) is 29.1 Å². The molecule has 2 unspecified atom stereocenters. The Morgan fingerprint density at radius 1 is 0.984 bits per heavy atom. The second-order valence-corrected chi connectivity index (χ2v) is 15.3. The molecule has 1 amide bonds. The Kier molecular flexibility index (Phi) is 11.8. The number of pyridine rings is 1. The van der Waals surface area contributed by atoms with Gasteiger partial charge < -0.3 is 50.2 Å². The number of fused-ring (bicyclic) bond motifs is 6. The van der Waals surface area contributed by atoms with E-state index < -0.39 is 29.6 Å². The van der Waals surface area contributed by atoms with E-state index in [1.54, 1.807) is 4.90 Å². The molecule has 6 aromatic rings. The molecule has 0 aliphatic carbocycles. The molecule has 7 heterocycles. The second kappa shape index (κ2) is 17.3. The third-order valence-corrected chi connectivity index (χ3v) is 11.1. The van der Waals surface area contributed by atoms with Crippen molar-refractivity contribution in [2.75, 3.05) is 49.5 Å². The third-order valence-electron chi connectivity index (χ3n) is 11.1. The van der Waals surface area contributed by atoms with Gasteiger partial charge in [-0.2, -0.15) is 5.10 Å². The molecule has 0 spiro atoms. The fourth-order valence-corrected chi connectivity index (χ4v) is 8.39. The van der Waals surface area contributed by atoms with E-state index in [2.05, 4.69) is 20.7 Å². The van der Waals surface area contributed by atoms with E-state index in [0.717, 1.165) is 30.7 Å². The first kappa shape index (κ1) is 41.9. The van der Waals surface area contributed by atoms with Crippen LogP contribution < -0.4 is 20.3 Å². The van der Waals surface area contributed by atoms with Gasteiger partial charge in [0, 0.05) is 62.9 Å². The first-order valence-corrected chi connectivity index (χ1v) is 20.6. The molecule has 322 valence electrons. The predicted octanol–water partition coefficient (Wildman–Crippen LogP) is 3.24. The van der Waals surface area contributed by atoms with Crippen molar-refractivity contribution < 1.29 is 38.7 Å². The molecule has 3 aliphatic rings. The number of ether oxygens (including phenoxy) is 1. The molecule has 2 atom stereocenters. The van der Waals surface area contributed by atoms with Crippen molar-refractivity contribution in [1.82, 2.24) is 44.5 Å². The van der Waals surface area contributed by atoms with Crippen LogP contribution >= 0.6 is 0 Å². The van der Waals surface area contributed by atoms with Gasteiger partial charge in [0.2, 0.25) is 5.91 Å². The van der Waals surface area contributed by atoms with Crippen LogP contribution in [0.4, 0.5) is 20.4 Å². The van der Waals surface area contributed by atoms with Gasteiger partial charge >= 0.3 is 6.16 Å². The van der Waals surface area contributed by atoms with E-state index in [-0.39, 0.29) is 35.8 Å². The summed E-state index contributed by atoms with van der Waals surface area (Å²) < 4.78 is 37.8. The van der Waals surface area contributed by atoms with Gasteiger partial charge in [-0.25, -0.2) is 33.4 Å². The summed E-state index contributed by atoms with van der Waals surface area (Å²) in [5.74, 6) is 0.605. The van der Waals surface area contributed by atoms with Crippen molar-refractivity contribution in [3.63, 3.8) is 0 Å². The molecule has 61 heavy (non-hydrogen) atoms. The summed E-state index contributed by atoms with van der Waals surface area (Å²) in [6.07, 6.45) is -0.323. The highest BCUT2D eigenvalue weighted by Crippen LogP contribution is 2.37. The van der Waals surface area contributed by atoms with Gasteiger partial charge in [0.05, 0.1) is 28.3 Å². The molecule has 2 saturated heterocycles. The van der Waals surface area contributed by atoms with E-state index in [1.807, 2.05) is 48.4 Å². The van der Waals surface area contributed by atoms with E-state index in [0.29, 0.717) is 97.3 Å². The number of amides is 1. The normalized spacial score (nSPS) is 18.3. The van der Waals surface area contributed by atoms with Gasteiger partial charge in [0.15, 0.2) is 11.4 Å². The minimum absolute atomic E-state index is 0.0480. The van der Waals surface area contributed by atoms with Crippen LogP contribution in [0.1, 0.15) is 44.8 Å². The van der Waals surface area contributed by atoms with E-state index in [9.17, 15) is 29.6 Å².